The number of piperazine rings is 1. The molecular weight excluding hydrogens is 478 g/mol. The number of anilines is 1. The fraction of sp³-hybridized carbons (Fsp3) is 0.667. The summed E-state index contributed by atoms with van der Waals surface area (Å²) in [5.41, 5.74) is -0.0131. The van der Waals surface area contributed by atoms with Gasteiger partial charge in [0.25, 0.3) is 0 Å². The van der Waals surface area contributed by atoms with Gasteiger partial charge in [-0.3, -0.25) is 9.69 Å². The van der Waals surface area contributed by atoms with Crippen LogP contribution >= 0.6 is 11.6 Å². The molecule has 1 saturated heterocycles. The Morgan fingerprint density at radius 3 is 2.47 bits per heavy atom. The summed E-state index contributed by atoms with van der Waals surface area (Å²) in [6, 6.07) is 5.86. The molecule has 4 aliphatic carbocycles. The maximum absolute atomic E-state index is 12.1. The van der Waals surface area contributed by atoms with E-state index in [4.69, 9.17) is 16.3 Å². The molecule has 9 heteroatoms. The largest absolute Gasteiger partial charge is 0.495 e. The van der Waals surface area contributed by atoms with Crippen molar-refractivity contribution in [3.63, 3.8) is 0 Å². The smallest absolute Gasteiger partial charge is 0.309 e. The highest BCUT2D eigenvalue weighted by Crippen LogP contribution is 2.60. The van der Waals surface area contributed by atoms with Crippen molar-refractivity contribution < 1.29 is 14.6 Å². The van der Waals surface area contributed by atoms with Crippen molar-refractivity contribution in [2.24, 2.45) is 28.2 Å². The van der Waals surface area contributed by atoms with E-state index in [1.165, 1.54) is 0 Å². The topological polar surface area (TPSA) is 101 Å². The van der Waals surface area contributed by atoms with Crippen LogP contribution in [0, 0.1) is 34.6 Å². The monoisotopic (exact) mass is 513 g/mol. The molecule has 36 heavy (non-hydrogen) atoms. The molecule has 4 bridgehead atoms. The van der Waals surface area contributed by atoms with Gasteiger partial charge in [0.05, 0.1) is 23.8 Å². The number of benzene rings is 1. The van der Waals surface area contributed by atoms with Gasteiger partial charge in [0.15, 0.2) is 0 Å². The van der Waals surface area contributed by atoms with Crippen molar-refractivity contribution in [3.05, 3.63) is 23.2 Å². The van der Waals surface area contributed by atoms with Crippen LogP contribution in [0.15, 0.2) is 23.2 Å². The Balaban J connectivity index is 1.29. The number of aliphatic imine (C=N–C) groups is 1. The molecule has 8 nitrogen and oxygen atoms in total. The second-order valence-corrected chi connectivity index (χ2v) is 12.1. The minimum atomic E-state index is -0.624. The number of methoxy groups -OCH3 is 1. The standard InChI is InChI=1S/C27H36ClN5O3/c1-26(2,33-8-6-32(7-9-33)21-12-20(28)4-5-22(21)36-3)24(30-16-29)31-23-18-10-17-11-19(23)15-27(13-17,14-18)25(34)35/h4-5,12,17-19,23H,6-11,13-15H2,1-3H3,(H,30,31)(H,34,35). The van der Waals surface area contributed by atoms with Crippen LogP contribution < -0.4 is 15.0 Å². The zero-order valence-corrected chi connectivity index (χ0v) is 22.1. The molecule has 0 amide bonds. The van der Waals surface area contributed by atoms with Crippen molar-refractivity contribution in [2.45, 2.75) is 57.5 Å². The van der Waals surface area contributed by atoms with E-state index in [9.17, 15) is 15.2 Å². The Morgan fingerprint density at radius 2 is 1.89 bits per heavy atom. The molecule has 0 aromatic heterocycles. The fourth-order valence-corrected chi connectivity index (χ4v) is 7.81. The summed E-state index contributed by atoms with van der Waals surface area (Å²) in [5.74, 6) is 2.03. The predicted octanol–water partition coefficient (Wildman–Crippen LogP) is 4.00. The molecule has 2 N–H and O–H groups in total. The van der Waals surface area contributed by atoms with Crippen LogP contribution in [0.1, 0.15) is 46.0 Å². The molecule has 4 saturated carbocycles. The predicted molar refractivity (Wildman–Crippen MR) is 139 cm³/mol. The maximum Gasteiger partial charge on any atom is 0.309 e. The zero-order valence-electron chi connectivity index (χ0n) is 21.3. The Bertz CT molecular complexity index is 1080. The Kier molecular flexibility index (Phi) is 6.59. The number of halogens is 1. The molecule has 2 atom stereocenters. The third kappa shape index (κ3) is 4.31. The van der Waals surface area contributed by atoms with Gasteiger partial charge < -0.3 is 20.1 Å². The maximum atomic E-state index is 12.1. The first-order chi connectivity index (χ1) is 17.2. The number of carbonyl (C=O) groups is 1. The zero-order chi connectivity index (χ0) is 25.7. The first-order valence-corrected chi connectivity index (χ1v) is 13.4. The molecular formula is C27H36ClN5O3. The first-order valence-electron chi connectivity index (χ1n) is 13.0. The van der Waals surface area contributed by atoms with E-state index in [0.29, 0.717) is 28.6 Å². The number of carboxylic acid groups (broad SMARTS) is 1. The summed E-state index contributed by atoms with van der Waals surface area (Å²) >= 11 is 6.26. The third-order valence-corrected chi connectivity index (χ3v) is 9.56. The van der Waals surface area contributed by atoms with Crippen LogP contribution in [0.5, 0.6) is 5.75 Å². The summed E-state index contributed by atoms with van der Waals surface area (Å²) < 4.78 is 5.56. The van der Waals surface area contributed by atoms with Gasteiger partial charge in [0.2, 0.25) is 6.19 Å². The lowest BCUT2D eigenvalue weighted by molar-refractivity contribution is -0.166. The summed E-state index contributed by atoms with van der Waals surface area (Å²) in [6.45, 7) is 7.46. The Morgan fingerprint density at radius 1 is 1.22 bits per heavy atom. The molecule has 1 aromatic carbocycles. The van der Waals surface area contributed by atoms with Crippen molar-refractivity contribution in [1.82, 2.24) is 10.2 Å². The van der Waals surface area contributed by atoms with Crippen LogP contribution in [0.3, 0.4) is 0 Å². The van der Waals surface area contributed by atoms with Crippen LogP contribution in [-0.2, 0) is 4.79 Å². The van der Waals surface area contributed by atoms with Gasteiger partial charge in [-0.25, -0.2) is 0 Å². The molecule has 2 unspecified atom stereocenters. The van der Waals surface area contributed by atoms with Gasteiger partial charge in [-0.1, -0.05) is 11.6 Å². The number of amidine groups is 1. The van der Waals surface area contributed by atoms with Crippen molar-refractivity contribution in [2.75, 3.05) is 38.2 Å². The second-order valence-electron chi connectivity index (χ2n) is 11.6. The lowest BCUT2D eigenvalue weighted by Gasteiger charge is -2.59. The van der Waals surface area contributed by atoms with Gasteiger partial charge in [-0.05, 0) is 81.9 Å². The first kappa shape index (κ1) is 25.2. The van der Waals surface area contributed by atoms with E-state index in [2.05, 4.69) is 34.0 Å². The minimum Gasteiger partial charge on any atom is -0.495 e. The van der Waals surface area contributed by atoms with Crippen LogP contribution in [-0.4, -0.2) is 66.7 Å². The van der Waals surface area contributed by atoms with Gasteiger partial charge in [0.1, 0.15) is 11.6 Å². The molecule has 194 valence electrons. The Hall–Kier alpha value is -2.50. The summed E-state index contributed by atoms with van der Waals surface area (Å²) in [5, 5.41) is 23.9. The number of carboxylic acids is 1. The number of hydrogen-bond donors (Lipinski definition) is 2. The lowest BCUT2D eigenvalue weighted by Crippen LogP contribution is -2.66. The molecule has 1 aromatic rings. The third-order valence-electron chi connectivity index (χ3n) is 9.32. The van der Waals surface area contributed by atoms with Crippen LogP contribution in [0.25, 0.3) is 0 Å². The van der Waals surface area contributed by atoms with E-state index in [1.54, 1.807) is 7.11 Å². The molecule has 0 radical (unpaired) electrons. The molecule has 6 rings (SSSR count). The van der Waals surface area contributed by atoms with Crippen molar-refractivity contribution in [3.8, 4) is 11.9 Å². The summed E-state index contributed by atoms with van der Waals surface area (Å²) in [4.78, 5) is 21.1. The molecule has 1 aliphatic heterocycles. The minimum absolute atomic E-state index is 0.178. The van der Waals surface area contributed by atoms with Crippen molar-refractivity contribution in [1.29, 1.82) is 5.26 Å². The van der Waals surface area contributed by atoms with Gasteiger partial charge in [-0.2, -0.15) is 10.3 Å². The molecule has 1 heterocycles. The normalized spacial score (nSPS) is 32.3. The molecule has 5 fully saturated rings. The highest BCUT2D eigenvalue weighted by atomic mass is 35.5. The quantitative estimate of drug-likeness (QED) is 0.337. The molecule has 5 aliphatic rings. The average molecular weight is 514 g/mol. The average Bonchev–Trinajstić information content (AvgIpc) is 2.85. The number of nitrogens with one attached hydrogen (secondary N) is 1. The van der Waals surface area contributed by atoms with Crippen LogP contribution in [0.2, 0.25) is 5.02 Å². The van der Waals surface area contributed by atoms with Gasteiger partial charge in [-0.15, -0.1) is 0 Å². The van der Waals surface area contributed by atoms with Gasteiger partial charge in [0, 0.05) is 37.2 Å². The van der Waals surface area contributed by atoms with E-state index in [0.717, 1.165) is 69.7 Å². The number of aliphatic carboxylic acids is 1. The van der Waals surface area contributed by atoms with Crippen molar-refractivity contribution >= 4 is 29.1 Å². The molecule has 0 spiro atoms. The summed E-state index contributed by atoms with van der Waals surface area (Å²) in [7, 11) is 1.67. The number of ether oxygens (including phenoxy) is 1. The number of nitrogens with zero attached hydrogens (tertiary/aromatic N) is 4. The van der Waals surface area contributed by atoms with E-state index in [1.807, 2.05) is 24.4 Å². The van der Waals surface area contributed by atoms with E-state index >= 15 is 0 Å². The SMILES string of the molecule is COc1ccc(Cl)cc1N1CCN(C(C)(C)/C(=N/C#N)NC2C3CC4CC2CC(C(=O)O)(C4)C3)CC1. The second kappa shape index (κ2) is 9.42. The van der Waals surface area contributed by atoms with E-state index in [-0.39, 0.29) is 6.04 Å². The number of rotatable bonds is 6. The summed E-state index contributed by atoms with van der Waals surface area (Å²) in [6.07, 6.45) is 6.46. The van der Waals surface area contributed by atoms with Crippen LogP contribution in [0.4, 0.5) is 5.69 Å². The number of hydrogen-bond acceptors (Lipinski definition) is 6. The fourth-order valence-electron chi connectivity index (χ4n) is 7.64. The van der Waals surface area contributed by atoms with E-state index < -0.39 is 16.9 Å². The Labute approximate surface area is 218 Å². The highest BCUT2D eigenvalue weighted by Gasteiger charge is 2.59. The van der Waals surface area contributed by atoms with Gasteiger partial charge >= 0.3 is 5.97 Å². The number of nitriles is 1. The lowest BCUT2D eigenvalue weighted by atomic mass is 9.48. The highest BCUT2D eigenvalue weighted by molar-refractivity contribution is 6.30.